The SMILES string of the molecule is Brc1ccc2c(c1)c1cc(Br)ccc1n2CC1CN2CC[O][Ge]([O]CC2)[O]1. The fourth-order valence-electron chi connectivity index (χ4n) is 3.93. The van der Waals surface area contributed by atoms with Gasteiger partial charge in [-0.2, -0.15) is 0 Å². The summed E-state index contributed by atoms with van der Waals surface area (Å²) in [5.41, 5.74) is 2.45. The number of halogens is 2. The van der Waals surface area contributed by atoms with Crippen molar-refractivity contribution in [3.63, 3.8) is 0 Å². The zero-order valence-corrected chi connectivity index (χ0v) is 19.9. The molecule has 27 heavy (non-hydrogen) atoms. The predicted molar refractivity (Wildman–Crippen MR) is 114 cm³/mol. The molecule has 8 heteroatoms. The van der Waals surface area contributed by atoms with Crippen LogP contribution in [0.15, 0.2) is 45.3 Å². The molecule has 0 N–H and O–H groups in total. The Balaban J connectivity index is 1.57. The van der Waals surface area contributed by atoms with E-state index in [1.54, 1.807) is 0 Å². The van der Waals surface area contributed by atoms with Crippen molar-refractivity contribution in [1.82, 2.24) is 9.47 Å². The van der Waals surface area contributed by atoms with Gasteiger partial charge in [-0.3, -0.25) is 0 Å². The van der Waals surface area contributed by atoms with Gasteiger partial charge in [0.25, 0.3) is 0 Å². The van der Waals surface area contributed by atoms with Crippen molar-refractivity contribution in [2.75, 3.05) is 32.8 Å². The van der Waals surface area contributed by atoms with Gasteiger partial charge in [0, 0.05) is 0 Å². The van der Waals surface area contributed by atoms with Crippen LogP contribution in [-0.2, 0) is 17.8 Å². The second kappa shape index (κ2) is 7.78. The second-order valence-corrected chi connectivity index (χ2v) is 11.5. The van der Waals surface area contributed by atoms with E-state index in [1.807, 2.05) is 0 Å². The van der Waals surface area contributed by atoms with Gasteiger partial charge in [0.05, 0.1) is 0 Å². The number of rotatable bonds is 2. The van der Waals surface area contributed by atoms with Crippen LogP contribution in [0.5, 0.6) is 0 Å². The summed E-state index contributed by atoms with van der Waals surface area (Å²) in [6.45, 7) is 5.10. The molecule has 5 nitrogen and oxygen atoms in total. The standard InChI is InChI=1S/C19H19Br2GeN2O3/c20-13-1-3-18-16(9-13)17-10-14(21)2-4-19(17)24(18)12-15-11-23-5-7-25-22(27-15)26-8-6-23/h1-4,9-10,15H,5-8,11-12H2. The first-order valence-electron chi connectivity index (χ1n) is 9.06. The van der Waals surface area contributed by atoms with Crippen molar-refractivity contribution in [2.45, 2.75) is 12.6 Å². The van der Waals surface area contributed by atoms with Gasteiger partial charge in [-0.1, -0.05) is 0 Å². The Morgan fingerprint density at radius 2 is 1.52 bits per heavy atom. The molecule has 3 aliphatic rings. The summed E-state index contributed by atoms with van der Waals surface area (Å²) >= 11 is 4.90. The van der Waals surface area contributed by atoms with Crippen LogP contribution in [0.1, 0.15) is 0 Å². The van der Waals surface area contributed by atoms with Crippen LogP contribution in [0.2, 0.25) is 0 Å². The minimum absolute atomic E-state index is 0.0756. The molecular weight excluding hydrogens is 537 g/mol. The van der Waals surface area contributed by atoms with E-state index < -0.39 is 15.4 Å². The molecule has 1 radical (unpaired) electrons. The summed E-state index contributed by atoms with van der Waals surface area (Å²) in [5, 5.41) is 2.50. The number of hydrogen-bond acceptors (Lipinski definition) is 4. The Morgan fingerprint density at radius 1 is 0.926 bits per heavy atom. The first-order valence-corrected chi connectivity index (χ1v) is 13.2. The molecule has 1 aromatic heterocycles. The molecule has 3 fully saturated rings. The van der Waals surface area contributed by atoms with Crippen molar-refractivity contribution in [1.29, 1.82) is 0 Å². The topological polar surface area (TPSA) is 35.9 Å². The van der Waals surface area contributed by atoms with Crippen molar-refractivity contribution in [3.05, 3.63) is 45.3 Å². The minimum atomic E-state index is -2.33. The summed E-state index contributed by atoms with van der Waals surface area (Å²) in [6.07, 6.45) is 0.0756. The van der Waals surface area contributed by atoms with E-state index in [4.69, 9.17) is 11.3 Å². The molecule has 1 atom stereocenters. The normalized spacial score (nSPS) is 24.2. The maximum absolute atomic E-state index is 6.32. The van der Waals surface area contributed by atoms with E-state index in [-0.39, 0.29) is 6.10 Å². The van der Waals surface area contributed by atoms with Crippen LogP contribution in [0.4, 0.5) is 0 Å². The van der Waals surface area contributed by atoms with Gasteiger partial charge in [-0.05, 0) is 0 Å². The summed E-state index contributed by atoms with van der Waals surface area (Å²) < 4.78 is 22.6. The first kappa shape index (κ1) is 18.6. The van der Waals surface area contributed by atoms with Gasteiger partial charge in [0.1, 0.15) is 0 Å². The third kappa shape index (κ3) is 3.75. The van der Waals surface area contributed by atoms with E-state index in [1.165, 1.54) is 21.8 Å². The zero-order chi connectivity index (χ0) is 18.4. The molecule has 3 aliphatic heterocycles. The maximum atomic E-state index is 6.32. The van der Waals surface area contributed by atoms with Crippen LogP contribution >= 0.6 is 31.9 Å². The Kier molecular flexibility index (Phi) is 5.36. The molecule has 2 bridgehead atoms. The molecule has 3 saturated heterocycles. The molecular formula is C19H19Br2GeN2O3. The van der Waals surface area contributed by atoms with E-state index in [9.17, 15) is 0 Å². The molecule has 3 aromatic rings. The monoisotopic (exact) mass is 555 g/mol. The third-order valence-corrected chi connectivity index (χ3v) is 9.09. The second-order valence-electron chi connectivity index (χ2n) is 6.92. The molecule has 6 rings (SSSR count). The number of benzene rings is 2. The van der Waals surface area contributed by atoms with Crippen LogP contribution in [0.25, 0.3) is 21.8 Å². The van der Waals surface area contributed by atoms with E-state index >= 15 is 0 Å². The van der Waals surface area contributed by atoms with E-state index in [0.717, 1.165) is 48.3 Å². The van der Waals surface area contributed by atoms with E-state index in [2.05, 4.69) is 77.7 Å². The van der Waals surface area contributed by atoms with E-state index in [0.29, 0.717) is 0 Å². The Morgan fingerprint density at radius 3 is 2.11 bits per heavy atom. The fourth-order valence-corrected chi connectivity index (χ4v) is 7.07. The van der Waals surface area contributed by atoms with Crippen molar-refractivity contribution in [3.8, 4) is 0 Å². The summed E-state index contributed by atoms with van der Waals surface area (Å²) in [5.74, 6) is 0. The van der Waals surface area contributed by atoms with Crippen molar-refractivity contribution < 1.29 is 11.3 Å². The van der Waals surface area contributed by atoms with Gasteiger partial charge >= 0.3 is 181 Å². The summed E-state index contributed by atoms with van der Waals surface area (Å²) in [7, 11) is 0. The van der Waals surface area contributed by atoms with Gasteiger partial charge in [0.2, 0.25) is 0 Å². The third-order valence-electron chi connectivity index (χ3n) is 5.15. The van der Waals surface area contributed by atoms with Crippen LogP contribution in [-0.4, -0.2) is 63.8 Å². The van der Waals surface area contributed by atoms with Crippen LogP contribution < -0.4 is 0 Å². The molecule has 0 saturated carbocycles. The summed E-state index contributed by atoms with van der Waals surface area (Å²) in [6, 6.07) is 13.0. The fraction of sp³-hybridized carbons (Fsp3) is 0.368. The van der Waals surface area contributed by atoms with Gasteiger partial charge in [-0.15, -0.1) is 0 Å². The molecule has 0 aliphatic carbocycles. The quantitative estimate of drug-likeness (QED) is 0.447. The number of hydrogen-bond donors (Lipinski definition) is 0. The Bertz CT molecular complexity index is 913. The van der Waals surface area contributed by atoms with Crippen molar-refractivity contribution in [2.24, 2.45) is 0 Å². The molecule has 0 spiro atoms. The predicted octanol–water partition coefficient (Wildman–Crippen LogP) is 4.05. The molecule has 1 unspecified atom stereocenters. The average Bonchev–Trinajstić information content (AvgIpc) is 2.88. The first-order chi connectivity index (χ1) is 13.2. The Labute approximate surface area is 179 Å². The number of fused-ring (bicyclic) bond motifs is 9. The summed E-state index contributed by atoms with van der Waals surface area (Å²) in [4.78, 5) is 2.39. The number of aromatic nitrogens is 1. The Hall–Kier alpha value is -0.417. The van der Waals surface area contributed by atoms with Crippen LogP contribution in [0, 0.1) is 0 Å². The molecule has 4 heterocycles. The average molecular weight is 556 g/mol. The zero-order valence-electron chi connectivity index (χ0n) is 14.7. The number of nitrogens with zero attached hydrogens (tertiary/aromatic N) is 2. The van der Waals surface area contributed by atoms with Crippen LogP contribution in [0.3, 0.4) is 0 Å². The van der Waals surface area contributed by atoms with Gasteiger partial charge in [-0.25, -0.2) is 0 Å². The molecule has 141 valence electrons. The van der Waals surface area contributed by atoms with Gasteiger partial charge in [0.15, 0.2) is 0 Å². The van der Waals surface area contributed by atoms with Crippen molar-refractivity contribution >= 4 is 69.0 Å². The molecule has 0 amide bonds. The molecule has 2 aromatic carbocycles. The van der Waals surface area contributed by atoms with Gasteiger partial charge < -0.3 is 0 Å².